The van der Waals surface area contributed by atoms with Gasteiger partial charge in [-0.1, -0.05) is 25.7 Å². The molecule has 0 atom stereocenters. The first-order chi connectivity index (χ1) is 8.55. The molecule has 0 aromatic heterocycles. The van der Waals surface area contributed by atoms with Crippen LogP contribution in [-0.4, -0.2) is 50.3 Å². The van der Waals surface area contributed by atoms with Crippen LogP contribution in [0.1, 0.15) is 38.5 Å². The third-order valence-electron chi connectivity index (χ3n) is 4.24. The molecule has 0 radical (unpaired) electrons. The summed E-state index contributed by atoms with van der Waals surface area (Å²) >= 11 is 0. The van der Waals surface area contributed by atoms with Crippen LogP contribution in [0.4, 0.5) is 0 Å². The first-order valence-corrected chi connectivity index (χ1v) is 8.56. The topological polar surface area (TPSA) is 66.6 Å². The Morgan fingerprint density at radius 3 is 2.39 bits per heavy atom. The highest BCUT2D eigenvalue weighted by Gasteiger charge is 2.22. The first-order valence-electron chi connectivity index (χ1n) is 7.06. The van der Waals surface area contributed by atoms with Gasteiger partial charge in [-0.15, -0.1) is 0 Å². The molecule has 2 aliphatic rings. The highest BCUT2D eigenvalue weighted by Crippen LogP contribution is 2.27. The largest absolute Gasteiger partial charge is 0.302 e. The van der Waals surface area contributed by atoms with Gasteiger partial charge in [0.1, 0.15) is 0 Å². The Morgan fingerprint density at radius 2 is 1.72 bits per heavy atom. The van der Waals surface area contributed by atoms with Gasteiger partial charge in [0.25, 0.3) is 10.2 Å². The van der Waals surface area contributed by atoms with Crippen LogP contribution in [-0.2, 0) is 10.2 Å². The Morgan fingerprint density at radius 1 is 1.00 bits per heavy atom. The van der Waals surface area contributed by atoms with E-state index in [0.717, 1.165) is 32.0 Å². The van der Waals surface area contributed by atoms with Crippen LogP contribution in [0.15, 0.2) is 0 Å². The van der Waals surface area contributed by atoms with Gasteiger partial charge in [0.05, 0.1) is 0 Å². The molecule has 5 nitrogen and oxygen atoms in total. The van der Waals surface area contributed by atoms with Crippen molar-refractivity contribution in [1.29, 1.82) is 0 Å². The van der Waals surface area contributed by atoms with Gasteiger partial charge in [-0.25, -0.2) is 5.14 Å². The summed E-state index contributed by atoms with van der Waals surface area (Å²) < 4.78 is 24.0. The van der Waals surface area contributed by atoms with Crippen molar-refractivity contribution >= 4 is 10.2 Å². The van der Waals surface area contributed by atoms with E-state index in [2.05, 4.69) is 4.90 Å². The molecule has 0 bridgehead atoms. The summed E-state index contributed by atoms with van der Waals surface area (Å²) in [6, 6.07) is 0. The van der Waals surface area contributed by atoms with E-state index in [1.54, 1.807) is 0 Å². The Balaban J connectivity index is 1.74. The lowest BCUT2D eigenvalue weighted by molar-refractivity contribution is 0.262. The van der Waals surface area contributed by atoms with Gasteiger partial charge >= 0.3 is 0 Å². The van der Waals surface area contributed by atoms with Gasteiger partial charge in [0.2, 0.25) is 0 Å². The van der Waals surface area contributed by atoms with E-state index in [0.29, 0.717) is 13.1 Å². The normalized spacial score (nSPS) is 25.4. The molecule has 1 saturated carbocycles. The fourth-order valence-corrected chi connectivity index (χ4v) is 3.81. The average Bonchev–Trinajstić information content (AvgIpc) is 2.69. The minimum absolute atomic E-state index is 0.545. The molecule has 1 saturated heterocycles. The third-order valence-corrected chi connectivity index (χ3v) is 5.32. The summed E-state index contributed by atoms with van der Waals surface area (Å²) in [6.07, 6.45) is 7.72. The molecular weight excluding hydrogens is 250 g/mol. The number of hydrogen-bond acceptors (Lipinski definition) is 3. The van der Waals surface area contributed by atoms with Gasteiger partial charge in [-0.05, 0) is 31.8 Å². The predicted molar refractivity (Wildman–Crippen MR) is 72.3 cm³/mol. The predicted octanol–water partition coefficient (Wildman–Crippen LogP) is 0.778. The molecule has 2 rings (SSSR count). The maximum atomic E-state index is 11.3. The molecule has 6 heteroatoms. The van der Waals surface area contributed by atoms with Crippen molar-refractivity contribution in [1.82, 2.24) is 9.21 Å². The van der Waals surface area contributed by atoms with Gasteiger partial charge in [-0.3, -0.25) is 0 Å². The van der Waals surface area contributed by atoms with Crippen LogP contribution >= 0.6 is 0 Å². The molecule has 106 valence electrons. The van der Waals surface area contributed by atoms with Crippen LogP contribution in [0.2, 0.25) is 0 Å². The lowest BCUT2D eigenvalue weighted by Crippen LogP contribution is -2.39. The van der Waals surface area contributed by atoms with Crippen molar-refractivity contribution in [2.75, 3.05) is 32.7 Å². The van der Waals surface area contributed by atoms with Gasteiger partial charge in [0.15, 0.2) is 0 Å². The molecule has 0 aromatic rings. The van der Waals surface area contributed by atoms with Crippen LogP contribution in [0.25, 0.3) is 0 Å². The summed E-state index contributed by atoms with van der Waals surface area (Å²) in [6.45, 7) is 4.05. The number of hydrogen-bond donors (Lipinski definition) is 1. The molecule has 2 fully saturated rings. The lowest BCUT2D eigenvalue weighted by atomic mass is 10.0. The number of nitrogens with two attached hydrogens (primary N) is 1. The fraction of sp³-hybridized carbons (Fsp3) is 1.00. The van der Waals surface area contributed by atoms with Crippen molar-refractivity contribution in [3.8, 4) is 0 Å². The zero-order valence-electron chi connectivity index (χ0n) is 11.1. The maximum absolute atomic E-state index is 11.3. The van der Waals surface area contributed by atoms with E-state index < -0.39 is 10.2 Å². The SMILES string of the molecule is NS(=O)(=O)N1CCCN(CCC2CCCC2)CC1. The van der Waals surface area contributed by atoms with Crippen LogP contribution in [0.5, 0.6) is 0 Å². The van der Waals surface area contributed by atoms with Crippen molar-refractivity contribution in [3.63, 3.8) is 0 Å². The van der Waals surface area contributed by atoms with E-state index in [1.165, 1.54) is 36.4 Å². The minimum atomic E-state index is -3.50. The second-order valence-electron chi connectivity index (χ2n) is 5.58. The van der Waals surface area contributed by atoms with Crippen molar-refractivity contribution in [2.24, 2.45) is 11.1 Å². The highest BCUT2D eigenvalue weighted by atomic mass is 32.2. The second kappa shape index (κ2) is 6.32. The summed E-state index contributed by atoms with van der Waals surface area (Å²) in [7, 11) is -3.50. The molecule has 1 aliphatic carbocycles. The van der Waals surface area contributed by atoms with E-state index in [9.17, 15) is 8.42 Å². The summed E-state index contributed by atoms with van der Waals surface area (Å²) in [5.41, 5.74) is 0. The number of nitrogens with zero attached hydrogens (tertiary/aromatic N) is 2. The van der Waals surface area contributed by atoms with E-state index in [1.807, 2.05) is 0 Å². The second-order valence-corrected chi connectivity index (χ2v) is 7.12. The Bertz CT molecular complexity index is 352. The first kappa shape index (κ1) is 14.2. The summed E-state index contributed by atoms with van der Waals surface area (Å²) in [5, 5.41) is 5.18. The Kier molecular flexibility index (Phi) is 5.00. The fourth-order valence-electron chi connectivity index (χ4n) is 3.09. The van der Waals surface area contributed by atoms with E-state index in [-0.39, 0.29) is 0 Å². The smallest absolute Gasteiger partial charge is 0.276 e. The summed E-state index contributed by atoms with van der Waals surface area (Å²) in [4.78, 5) is 2.39. The van der Waals surface area contributed by atoms with Gasteiger partial charge in [-0.2, -0.15) is 12.7 Å². The Labute approximate surface area is 110 Å². The number of rotatable bonds is 4. The molecule has 1 aliphatic heterocycles. The minimum Gasteiger partial charge on any atom is -0.302 e. The highest BCUT2D eigenvalue weighted by molar-refractivity contribution is 7.86. The van der Waals surface area contributed by atoms with Crippen LogP contribution in [0, 0.1) is 5.92 Å². The molecule has 2 N–H and O–H groups in total. The van der Waals surface area contributed by atoms with Crippen molar-refractivity contribution < 1.29 is 8.42 Å². The standard InChI is InChI=1S/C12H25N3O2S/c13-18(16,17)15-8-3-7-14(10-11-15)9-6-12-4-1-2-5-12/h12H,1-11H2,(H2,13,16,17). The third kappa shape index (κ3) is 4.19. The van der Waals surface area contributed by atoms with Crippen LogP contribution in [0.3, 0.4) is 0 Å². The zero-order chi connectivity index (χ0) is 13.0. The molecule has 0 unspecified atom stereocenters. The molecule has 0 amide bonds. The van der Waals surface area contributed by atoms with Crippen LogP contribution < -0.4 is 5.14 Å². The van der Waals surface area contributed by atoms with Crippen molar-refractivity contribution in [3.05, 3.63) is 0 Å². The Hall–Kier alpha value is -0.170. The van der Waals surface area contributed by atoms with Gasteiger partial charge < -0.3 is 4.90 Å². The molecule has 1 heterocycles. The quantitative estimate of drug-likeness (QED) is 0.824. The lowest BCUT2D eigenvalue weighted by Gasteiger charge is -2.22. The van der Waals surface area contributed by atoms with Gasteiger partial charge in [0, 0.05) is 19.6 Å². The average molecular weight is 275 g/mol. The van der Waals surface area contributed by atoms with Crippen molar-refractivity contribution in [2.45, 2.75) is 38.5 Å². The van der Waals surface area contributed by atoms with E-state index in [4.69, 9.17) is 5.14 Å². The van der Waals surface area contributed by atoms with E-state index >= 15 is 0 Å². The summed E-state index contributed by atoms with van der Waals surface area (Å²) in [5.74, 6) is 0.905. The molecular formula is C12H25N3O2S. The zero-order valence-corrected chi connectivity index (χ0v) is 11.9. The molecule has 0 spiro atoms. The monoisotopic (exact) mass is 275 g/mol. The maximum Gasteiger partial charge on any atom is 0.276 e. The molecule has 0 aromatic carbocycles. The molecule has 18 heavy (non-hydrogen) atoms.